The second kappa shape index (κ2) is 5.42. The first-order chi connectivity index (χ1) is 8.56. The van der Waals surface area contributed by atoms with E-state index in [4.69, 9.17) is 4.74 Å². The summed E-state index contributed by atoms with van der Waals surface area (Å²) in [6.07, 6.45) is 2.57. The third kappa shape index (κ3) is 3.49. The molecule has 1 fully saturated rings. The van der Waals surface area contributed by atoms with E-state index in [9.17, 15) is 4.79 Å². The quantitative estimate of drug-likeness (QED) is 0.810. The number of ether oxygens (including phenoxy) is 1. The maximum absolute atomic E-state index is 11.7. The van der Waals surface area contributed by atoms with E-state index in [0.29, 0.717) is 11.6 Å². The monoisotopic (exact) mass is 247 g/mol. The van der Waals surface area contributed by atoms with Crippen molar-refractivity contribution < 1.29 is 9.53 Å². The summed E-state index contributed by atoms with van der Waals surface area (Å²) < 4.78 is 5.15. The van der Waals surface area contributed by atoms with Gasteiger partial charge in [-0.25, -0.2) is 4.79 Å². The fraction of sp³-hybridized carbons (Fsp3) is 0.533. The maximum atomic E-state index is 11.7. The number of anilines is 1. The van der Waals surface area contributed by atoms with Gasteiger partial charge in [-0.15, -0.1) is 0 Å². The molecule has 1 aromatic rings. The number of esters is 1. The maximum Gasteiger partial charge on any atom is 0.338 e. The number of benzene rings is 1. The predicted octanol–water partition coefficient (Wildman–Crippen LogP) is 3.46. The molecule has 1 aliphatic rings. The fourth-order valence-corrected chi connectivity index (χ4v) is 1.96. The highest BCUT2D eigenvalue weighted by Crippen LogP contribution is 2.33. The molecule has 1 N–H and O–H groups in total. The van der Waals surface area contributed by atoms with Crippen LogP contribution in [0.25, 0.3) is 0 Å². The third-order valence-electron chi connectivity index (χ3n) is 3.19. The second-order valence-corrected chi connectivity index (χ2v) is 5.30. The smallest absolute Gasteiger partial charge is 0.338 e. The van der Waals surface area contributed by atoms with Crippen LogP contribution >= 0.6 is 0 Å². The molecule has 0 radical (unpaired) electrons. The number of carbonyl (C=O) groups excluding carboxylic acids is 1. The van der Waals surface area contributed by atoms with Crippen LogP contribution in [0.3, 0.4) is 0 Å². The van der Waals surface area contributed by atoms with Crippen LogP contribution in [0.1, 0.15) is 44.0 Å². The predicted molar refractivity (Wildman–Crippen MR) is 72.8 cm³/mol. The molecule has 1 atom stereocenters. The van der Waals surface area contributed by atoms with E-state index in [2.05, 4.69) is 12.2 Å². The van der Waals surface area contributed by atoms with Gasteiger partial charge in [0.2, 0.25) is 0 Å². The Morgan fingerprint density at radius 1 is 1.22 bits per heavy atom. The molecule has 0 heterocycles. The molecule has 3 nitrogen and oxygen atoms in total. The van der Waals surface area contributed by atoms with Gasteiger partial charge in [0.05, 0.1) is 11.7 Å². The summed E-state index contributed by atoms with van der Waals surface area (Å²) in [5.74, 6) is 0.558. The Morgan fingerprint density at radius 3 is 2.33 bits per heavy atom. The molecule has 3 heteroatoms. The molecular weight excluding hydrogens is 226 g/mol. The molecule has 0 aliphatic heterocycles. The summed E-state index contributed by atoms with van der Waals surface area (Å²) in [5.41, 5.74) is 1.67. The average molecular weight is 247 g/mol. The Hall–Kier alpha value is -1.51. The van der Waals surface area contributed by atoms with Crippen molar-refractivity contribution in [3.63, 3.8) is 0 Å². The van der Waals surface area contributed by atoms with Crippen molar-refractivity contribution in [2.45, 2.75) is 45.8 Å². The lowest BCUT2D eigenvalue weighted by Gasteiger charge is -2.14. The van der Waals surface area contributed by atoms with Crippen LogP contribution in [0.2, 0.25) is 0 Å². The first-order valence-corrected chi connectivity index (χ1v) is 6.64. The number of carbonyl (C=O) groups is 1. The molecule has 1 aromatic carbocycles. The van der Waals surface area contributed by atoms with Crippen LogP contribution in [0.5, 0.6) is 0 Å². The molecule has 0 saturated heterocycles. The lowest BCUT2D eigenvalue weighted by atomic mass is 10.1. The van der Waals surface area contributed by atoms with E-state index in [1.165, 1.54) is 12.8 Å². The molecule has 1 unspecified atom stereocenters. The zero-order valence-corrected chi connectivity index (χ0v) is 11.3. The van der Waals surface area contributed by atoms with E-state index in [0.717, 1.165) is 11.6 Å². The molecule has 2 rings (SSSR count). The van der Waals surface area contributed by atoms with Crippen LogP contribution < -0.4 is 5.32 Å². The Kier molecular flexibility index (Phi) is 3.90. The van der Waals surface area contributed by atoms with Gasteiger partial charge in [0.1, 0.15) is 0 Å². The lowest BCUT2D eigenvalue weighted by Crippen LogP contribution is -2.17. The number of hydrogen-bond donors (Lipinski definition) is 1. The molecule has 0 aromatic heterocycles. The Balaban J connectivity index is 1.94. The van der Waals surface area contributed by atoms with Crippen LogP contribution in [0.4, 0.5) is 5.69 Å². The van der Waals surface area contributed by atoms with Gasteiger partial charge < -0.3 is 10.1 Å². The van der Waals surface area contributed by atoms with Gasteiger partial charge in [0.25, 0.3) is 0 Å². The standard InChI is InChI=1S/C15H21NO2/c1-10(2)18-15(17)13-6-8-14(9-7-13)16-11(3)12-4-5-12/h6-12,16H,4-5H2,1-3H3. The van der Waals surface area contributed by atoms with Gasteiger partial charge in [-0.05, 0) is 63.8 Å². The van der Waals surface area contributed by atoms with Gasteiger partial charge in [0.15, 0.2) is 0 Å². The Labute approximate surface area is 109 Å². The van der Waals surface area contributed by atoms with Gasteiger partial charge in [-0.3, -0.25) is 0 Å². The van der Waals surface area contributed by atoms with Gasteiger partial charge >= 0.3 is 5.97 Å². The fourth-order valence-electron chi connectivity index (χ4n) is 1.96. The van der Waals surface area contributed by atoms with E-state index in [1.54, 1.807) is 0 Å². The van der Waals surface area contributed by atoms with Crippen LogP contribution in [-0.2, 0) is 4.74 Å². The Morgan fingerprint density at radius 2 is 1.83 bits per heavy atom. The lowest BCUT2D eigenvalue weighted by molar-refractivity contribution is 0.0378. The van der Waals surface area contributed by atoms with E-state index in [1.807, 2.05) is 38.1 Å². The molecule has 0 spiro atoms. The van der Waals surface area contributed by atoms with Crippen molar-refractivity contribution in [1.29, 1.82) is 0 Å². The molecular formula is C15H21NO2. The molecule has 0 bridgehead atoms. The number of hydrogen-bond acceptors (Lipinski definition) is 3. The van der Waals surface area contributed by atoms with Crippen molar-refractivity contribution in [1.82, 2.24) is 0 Å². The van der Waals surface area contributed by atoms with E-state index >= 15 is 0 Å². The summed E-state index contributed by atoms with van der Waals surface area (Å²) in [7, 11) is 0. The molecule has 18 heavy (non-hydrogen) atoms. The summed E-state index contributed by atoms with van der Waals surface area (Å²) >= 11 is 0. The highest BCUT2D eigenvalue weighted by molar-refractivity contribution is 5.89. The van der Waals surface area contributed by atoms with Crippen LogP contribution in [0, 0.1) is 5.92 Å². The second-order valence-electron chi connectivity index (χ2n) is 5.30. The number of rotatable bonds is 5. The molecule has 1 aliphatic carbocycles. The summed E-state index contributed by atoms with van der Waals surface area (Å²) in [6, 6.07) is 8.02. The van der Waals surface area contributed by atoms with Crippen molar-refractivity contribution in [2.75, 3.05) is 5.32 Å². The zero-order valence-electron chi connectivity index (χ0n) is 11.3. The average Bonchev–Trinajstić information content (AvgIpc) is 3.12. The van der Waals surface area contributed by atoms with Crippen molar-refractivity contribution in [3.8, 4) is 0 Å². The van der Waals surface area contributed by atoms with Crippen molar-refractivity contribution in [2.24, 2.45) is 5.92 Å². The summed E-state index contributed by atoms with van der Waals surface area (Å²) in [4.78, 5) is 11.7. The summed E-state index contributed by atoms with van der Waals surface area (Å²) in [6.45, 7) is 5.91. The minimum absolute atomic E-state index is 0.0785. The third-order valence-corrected chi connectivity index (χ3v) is 3.19. The highest BCUT2D eigenvalue weighted by atomic mass is 16.5. The topological polar surface area (TPSA) is 38.3 Å². The number of nitrogens with one attached hydrogen (secondary N) is 1. The molecule has 0 amide bonds. The zero-order chi connectivity index (χ0) is 13.1. The Bertz CT molecular complexity index is 407. The molecule has 1 saturated carbocycles. The highest BCUT2D eigenvalue weighted by Gasteiger charge is 2.27. The summed E-state index contributed by atoms with van der Waals surface area (Å²) in [5, 5.41) is 3.46. The SMILES string of the molecule is CC(C)OC(=O)c1ccc(NC(C)C2CC2)cc1. The van der Waals surface area contributed by atoms with E-state index in [-0.39, 0.29) is 12.1 Å². The van der Waals surface area contributed by atoms with Crippen molar-refractivity contribution >= 4 is 11.7 Å². The minimum atomic E-state index is -0.258. The van der Waals surface area contributed by atoms with Gasteiger partial charge in [-0.1, -0.05) is 0 Å². The van der Waals surface area contributed by atoms with E-state index < -0.39 is 0 Å². The van der Waals surface area contributed by atoms with Crippen LogP contribution in [0.15, 0.2) is 24.3 Å². The first kappa shape index (κ1) is 12.9. The van der Waals surface area contributed by atoms with Crippen LogP contribution in [-0.4, -0.2) is 18.1 Å². The normalized spacial score (nSPS) is 16.4. The molecule has 98 valence electrons. The van der Waals surface area contributed by atoms with Gasteiger partial charge in [0, 0.05) is 11.7 Å². The minimum Gasteiger partial charge on any atom is -0.459 e. The first-order valence-electron chi connectivity index (χ1n) is 6.64. The largest absolute Gasteiger partial charge is 0.459 e. The van der Waals surface area contributed by atoms with Gasteiger partial charge in [-0.2, -0.15) is 0 Å². The van der Waals surface area contributed by atoms with Crippen molar-refractivity contribution in [3.05, 3.63) is 29.8 Å².